The van der Waals surface area contributed by atoms with Crippen LogP contribution in [0.25, 0.3) is 11.3 Å². The summed E-state index contributed by atoms with van der Waals surface area (Å²) in [4.78, 5) is 14.1. The number of nitrogens with one attached hydrogen (secondary N) is 3. The van der Waals surface area contributed by atoms with E-state index >= 15 is 0 Å². The lowest BCUT2D eigenvalue weighted by molar-refractivity contribution is 0.312. The molecule has 0 unspecified atom stereocenters. The van der Waals surface area contributed by atoms with Gasteiger partial charge < -0.3 is 25.0 Å². The van der Waals surface area contributed by atoms with E-state index in [-0.39, 0.29) is 0 Å². The number of rotatable bonds is 8. The van der Waals surface area contributed by atoms with Gasteiger partial charge in [-0.2, -0.15) is 15.1 Å². The normalized spacial score (nSPS) is 16.4. The predicted molar refractivity (Wildman–Crippen MR) is 135 cm³/mol. The van der Waals surface area contributed by atoms with Crippen LogP contribution in [0, 0.1) is 0 Å². The molecule has 0 spiro atoms. The number of aromatic amines is 1. The summed E-state index contributed by atoms with van der Waals surface area (Å²) in [6, 6.07) is 16.0. The van der Waals surface area contributed by atoms with Crippen molar-refractivity contribution in [3.05, 3.63) is 60.0 Å². The molecule has 4 aromatic rings. The van der Waals surface area contributed by atoms with Crippen molar-refractivity contribution in [2.24, 2.45) is 0 Å². The summed E-state index contributed by atoms with van der Waals surface area (Å²) >= 11 is 0. The van der Waals surface area contributed by atoms with Crippen molar-refractivity contribution in [1.82, 2.24) is 30.2 Å². The van der Waals surface area contributed by atoms with Gasteiger partial charge in [0.2, 0.25) is 5.95 Å². The molecule has 0 radical (unpaired) electrons. The molecule has 2 fully saturated rings. The molecule has 1 aromatic carbocycles. The predicted octanol–water partition coefficient (Wildman–Crippen LogP) is 3.84. The lowest BCUT2D eigenvalue weighted by Crippen LogP contribution is -2.44. The van der Waals surface area contributed by atoms with Gasteiger partial charge in [-0.1, -0.05) is 35.5 Å². The van der Waals surface area contributed by atoms with Gasteiger partial charge >= 0.3 is 0 Å². The smallest absolute Gasteiger partial charge is 0.227 e. The third-order valence-corrected chi connectivity index (χ3v) is 6.45. The molecular weight excluding hydrogens is 442 g/mol. The minimum absolute atomic E-state index is 0.432. The van der Waals surface area contributed by atoms with Gasteiger partial charge in [-0.25, -0.2) is 0 Å². The highest BCUT2D eigenvalue weighted by atomic mass is 16.5. The Labute approximate surface area is 203 Å². The summed E-state index contributed by atoms with van der Waals surface area (Å²) in [6.07, 6.45) is 2.43. The van der Waals surface area contributed by atoms with E-state index in [4.69, 9.17) is 14.5 Å². The van der Waals surface area contributed by atoms with Crippen molar-refractivity contribution in [2.75, 3.05) is 48.8 Å². The minimum Gasteiger partial charge on any atom is -0.359 e. The second kappa shape index (κ2) is 9.38. The summed E-state index contributed by atoms with van der Waals surface area (Å²) in [6.45, 7) is 4.28. The third kappa shape index (κ3) is 5.12. The van der Waals surface area contributed by atoms with Crippen LogP contribution in [0.4, 0.5) is 23.4 Å². The number of piperazine rings is 1. The van der Waals surface area contributed by atoms with Crippen molar-refractivity contribution in [2.45, 2.75) is 25.3 Å². The summed E-state index contributed by atoms with van der Waals surface area (Å²) in [5.41, 5.74) is 2.94. The van der Waals surface area contributed by atoms with Crippen LogP contribution in [0.1, 0.15) is 30.2 Å². The monoisotopic (exact) mass is 471 g/mol. The lowest BCUT2D eigenvalue weighted by Gasteiger charge is -2.33. The molecular formula is C25H29N9O. The SMILES string of the molecule is CN1CCN(c2cc(Nc3cc(C4CC4)n[nH]3)nc(NCc3cc(-c4ccccc4)no3)n2)CC1. The maximum atomic E-state index is 5.54. The van der Waals surface area contributed by atoms with Crippen LogP contribution in [0.15, 0.2) is 53.1 Å². The Morgan fingerprint density at radius 1 is 1.03 bits per heavy atom. The largest absolute Gasteiger partial charge is 0.359 e. The Morgan fingerprint density at radius 3 is 2.66 bits per heavy atom. The fourth-order valence-electron chi connectivity index (χ4n) is 4.21. The van der Waals surface area contributed by atoms with Gasteiger partial charge in [0.05, 0.1) is 12.2 Å². The number of benzene rings is 1. The van der Waals surface area contributed by atoms with E-state index in [1.807, 2.05) is 42.5 Å². The second-order valence-electron chi connectivity index (χ2n) is 9.23. The third-order valence-electron chi connectivity index (χ3n) is 6.45. The van der Waals surface area contributed by atoms with Crippen LogP contribution in [0.5, 0.6) is 0 Å². The van der Waals surface area contributed by atoms with Crippen molar-refractivity contribution < 1.29 is 4.52 Å². The molecule has 6 rings (SSSR count). The Balaban J connectivity index is 1.20. The Kier molecular flexibility index (Phi) is 5.79. The molecule has 2 aliphatic rings. The molecule has 35 heavy (non-hydrogen) atoms. The number of hydrogen-bond donors (Lipinski definition) is 3. The number of anilines is 4. The molecule has 180 valence electrons. The molecule has 3 N–H and O–H groups in total. The Bertz CT molecular complexity index is 1270. The molecule has 4 heterocycles. The van der Waals surface area contributed by atoms with Gasteiger partial charge in [-0.05, 0) is 19.9 Å². The highest BCUT2D eigenvalue weighted by Gasteiger charge is 2.26. The first-order valence-corrected chi connectivity index (χ1v) is 12.1. The van der Waals surface area contributed by atoms with Crippen molar-refractivity contribution in [1.29, 1.82) is 0 Å². The van der Waals surface area contributed by atoms with Gasteiger partial charge in [0.15, 0.2) is 5.76 Å². The van der Waals surface area contributed by atoms with Gasteiger partial charge in [0.1, 0.15) is 23.1 Å². The van der Waals surface area contributed by atoms with Gasteiger partial charge in [-0.15, -0.1) is 0 Å². The molecule has 10 heteroatoms. The van der Waals surface area contributed by atoms with Crippen LogP contribution >= 0.6 is 0 Å². The summed E-state index contributed by atoms with van der Waals surface area (Å²) in [7, 11) is 2.15. The highest BCUT2D eigenvalue weighted by Crippen LogP contribution is 2.39. The fourth-order valence-corrected chi connectivity index (χ4v) is 4.21. The number of nitrogens with zero attached hydrogens (tertiary/aromatic N) is 6. The standard InChI is InChI=1S/C25H29N9O/c1-33-9-11-34(12-10-33)24-15-22(27-23-14-20(30-31-23)18-7-8-18)28-25(29-24)26-16-19-13-21(32-35-19)17-5-3-2-4-6-17/h2-6,13-15,18H,7-12,16H2,1H3,(H3,26,27,28,29,30,31). The van der Waals surface area contributed by atoms with Crippen LogP contribution in [0.2, 0.25) is 0 Å². The topological polar surface area (TPSA) is 111 Å². The molecule has 0 atom stereocenters. The zero-order chi connectivity index (χ0) is 23.6. The van der Waals surface area contributed by atoms with E-state index < -0.39 is 0 Å². The first-order chi connectivity index (χ1) is 17.2. The van der Waals surface area contributed by atoms with E-state index in [9.17, 15) is 0 Å². The number of H-pyrrole nitrogens is 1. The molecule has 10 nitrogen and oxygen atoms in total. The van der Waals surface area contributed by atoms with Crippen molar-refractivity contribution >= 4 is 23.4 Å². The summed E-state index contributed by atoms with van der Waals surface area (Å²) < 4.78 is 5.54. The first-order valence-electron chi connectivity index (χ1n) is 12.1. The number of likely N-dealkylation sites (N-methyl/N-ethyl adjacent to an activating group) is 1. The zero-order valence-electron chi connectivity index (χ0n) is 19.7. The maximum Gasteiger partial charge on any atom is 0.227 e. The lowest BCUT2D eigenvalue weighted by atomic mass is 10.1. The quantitative estimate of drug-likeness (QED) is 0.353. The first kappa shape index (κ1) is 21.6. The van der Waals surface area contributed by atoms with E-state index in [2.05, 4.69) is 48.9 Å². The molecule has 3 aromatic heterocycles. The Morgan fingerprint density at radius 2 is 1.86 bits per heavy atom. The molecule has 1 saturated heterocycles. The summed E-state index contributed by atoms with van der Waals surface area (Å²) in [5.74, 6) is 4.28. The molecule has 0 bridgehead atoms. The van der Waals surface area contributed by atoms with E-state index in [0.717, 1.165) is 60.5 Å². The van der Waals surface area contributed by atoms with Crippen LogP contribution in [0.3, 0.4) is 0 Å². The van der Waals surface area contributed by atoms with E-state index in [0.29, 0.717) is 24.2 Å². The van der Waals surface area contributed by atoms with Gasteiger partial charge in [0.25, 0.3) is 0 Å². The van der Waals surface area contributed by atoms with Crippen LogP contribution in [-0.4, -0.2) is 63.4 Å². The average Bonchev–Trinajstić information content (AvgIpc) is 3.44. The molecule has 1 aliphatic heterocycles. The number of hydrogen-bond acceptors (Lipinski definition) is 9. The molecule has 1 aliphatic carbocycles. The van der Waals surface area contributed by atoms with Gasteiger partial charge in [-0.3, -0.25) is 5.10 Å². The second-order valence-corrected chi connectivity index (χ2v) is 9.23. The molecule has 1 saturated carbocycles. The van der Waals surface area contributed by atoms with Crippen molar-refractivity contribution in [3.63, 3.8) is 0 Å². The fraction of sp³-hybridized carbons (Fsp3) is 0.360. The average molecular weight is 472 g/mol. The maximum absolute atomic E-state index is 5.54. The Hall–Kier alpha value is -3.92. The zero-order valence-corrected chi connectivity index (χ0v) is 19.7. The van der Waals surface area contributed by atoms with Crippen molar-refractivity contribution in [3.8, 4) is 11.3 Å². The number of aromatic nitrogens is 5. The van der Waals surface area contributed by atoms with Crippen LogP contribution < -0.4 is 15.5 Å². The molecule has 0 amide bonds. The minimum atomic E-state index is 0.432. The highest BCUT2D eigenvalue weighted by molar-refractivity contribution is 5.61. The summed E-state index contributed by atoms with van der Waals surface area (Å²) in [5, 5.41) is 18.4. The van der Waals surface area contributed by atoms with Crippen LogP contribution in [-0.2, 0) is 6.54 Å². The van der Waals surface area contributed by atoms with E-state index in [1.165, 1.54) is 12.8 Å². The van der Waals surface area contributed by atoms with Gasteiger partial charge in [0, 0.05) is 55.9 Å². The van der Waals surface area contributed by atoms with E-state index in [1.54, 1.807) is 0 Å².